The Morgan fingerprint density at radius 1 is 0.944 bits per heavy atom. The Morgan fingerprint density at radius 2 is 1.50 bits per heavy atom. The van der Waals surface area contributed by atoms with E-state index in [4.69, 9.17) is 14.9 Å². The number of unbranched alkanes of at least 4 members (excludes halogenated alkanes) is 1. The van der Waals surface area contributed by atoms with Crippen molar-refractivity contribution in [1.82, 2.24) is 0 Å². The summed E-state index contributed by atoms with van der Waals surface area (Å²) < 4.78 is 14.4. The van der Waals surface area contributed by atoms with Gasteiger partial charge in [-0.25, -0.2) is 0 Å². The monoisotopic (exact) mass is 266 g/mol. The molecule has 2 N–H and O–H groups in total. The molecular formula is C12H26O6. The number of carbonyl (C=O) groups excluding carboxylic acids is 1. The molecule has 18 heavy (non-hydrogen) atoms. The molecule has 0 fully saturated rings. The molecule has 0 aliphatic carbocycles. The van der Waals surface area contributed by atoms with Crippen LogP contribution >= 0.6 is 0 Å². The SMILES string of the molecule is CCCCOCCOC(C)=O.OCCOCCO. The summed E-state index contributed by atoms with van der Waals surface area (Å²) in [6.45, 7) is 5.85. The van der Waals surface area contributed by atoms with Crippen LogP contribution < -0.4 is 0 Å². The minimum absolute atomic E-state index is 0.0278. The average Bonchev–Trinajstić information content (AvgIpc) is 2.35. The first-order valence-corrected chi connectivity index (χ1v) is 6.19. The Hall–Kier alpha value is -0.690. The fourth-order valence-corrected chi connectivity index (χ4v) is 0.824. The van der Waals surface area contributed by atoms with Crippen LogP contribution in [0.2, 0.25) is 0 Å². The lowest BCUT2D eigenvalue weighted by atomic mass is 10.4. The van der Waals surface area contributed by atoms with Crippen molar-refractivity contribution in [1.29, 1.82) is 0 Å². The van der Waals surface area contributed by atoms with E-state index in [9.17, 15) is 4.79 Å². The summed E-state index contributed by atoms with van der Waals surface area (Å²) in [6.07, 6.45) is 2.20. The lowest BCUT2D eigenvalue weighted by Crippen LogP contribution is -2.07. The third-order valence-electron chi connectivity index (χ3n) is 1.65. The zero-order valence-electron chi connectivity index (χ0n) is 11.4. The van der Waals surface area contributed by atoms with Gasteiger partial charge >= 0.3 is 5.97 Å². The van der Waals surface area contributed by atoms with Crippen LogP contribution in [0.25, 0.3) is 0 Å². The maximum Gasteiger partial charge on any atom is 0.302 e. The highest BCUT2D eigenvalue weighted by Crippen LogP contribution is 1.87. The molecule has 0 saturated heterocycles. The summed E-state index contributed by atoms with van der Waals surface area (Å²) in [5.41, 5.74) is 0. The van der Waals surface area contributed by atoms with E-state index in [1.807, 2.05) is 0 Å². The van der Waals surface area contributed by atoms with Gasteiger partial charge in [0.15, 0.2) is 0 Å². The highest BCUT2D eigenvalue weighted by atomic mass is 16.6. The molecule has 0 aromatic rings. The van der Waals surface area contributed by atoms with E-state index in [2.05, 4.69) is 16.4 Å². The van der Waals surface area contributed by atoms with Crippen LogP contribution in [0, 0.1) is 0 Å². The number of hydrogen-bond acceptors (Lipinski definition) is 6. The van der Waals surface area contributed by atoms with Gasteiger partial charge in [0.05, 0.1) is 33.0 Å². The molecule has 0 aliphatic rings. The Morgan fingerprint density at radius 3 is 1.94 bits per heavy atom. The van der Waals surface area contributed by atoms with Crippen molar-refractivity contribution in [2.75, 3.05) is 46.2 Å². The van der Waals surface area contributed by atoms with Gasteiger partial charge in [-0.3, -0.25) is 4.79 Å². The predicted molar refractivity (Wildman–Crippen MR) is 67.4 cm³/mol. The first-order chi connectivity index (χ1) is 8.68. The van der Waals surface area contributed by atoms with E-state index >= 15 is 0 Å². The molecule has 0 heterocycles. The van der Waals surface area contributed by atoms with Crippen molar-refractivity contribution in [2.24, 2.45) is 0 Å². The summed E-state index contributed by atoms with van der Waals surface area (Å²) in [7, 11) is 0. The van der Waals surface area contributed by atoms with Crippen molar-refractivity contribution in [3.63, 3.8) is 0 Å². The average molecular weight is 266 g/mol. The Labute approximate surface area is 109 Å². The first-order valence-electron chi connectivity index (χ1n) is 6.19. The predicted octanol–water partition coefficient (Wildman–Crippen LogP) is 0.354. The fraction of sp³-hybridized carbons (Fsp3) is 0.917. The van der Waals surface area contributed by atoms with Crippen molar-refractivity contribution in [3.8, 4) is 0 Å². The smallest absolute Gasteiger partial charge is 0.302 e. The van der Waals surface area contributed by atoms with Gasteiger partial charge in [-0.2, -0.15) is 0 Å². The Bertz CT molecular complexity index is 159. The molecule has 0 rings (SSSR count). The van der Waals surface area contributed by atoms with Crippen LogP contribution in [-0.4, -0.2) is 62.4 Å². The lowest BCUT2D eigenvalue weighted by molar-refractivity contribution is -0.142. The molecule has 6 heteroatoms. The summed E-state index contributed by atoms with van der Waals surface area (Å²) in [5.74, 6) is -0.246. The maximum atomic E-state index is 10.3. The minimum atomic E-state index is -0.246. The molecule has 0 radical (unpaired) electrons. The first kappa shape index (κ1) is 19.6. The van der Waals surface area contributed by atoms with E-state index in [1.54, 1.807) is 0 Å². The van der Waals surface area contributed by atoms with E-state index in [1.165, 1.54) is 6.92 Å². The summed E-state index contributed by atoms with van der Waals surface area (Å²) in [4.78, 5) is 10.3. The molecule has 0 bridgehead atoms. The Balaban J connectivity index is 0. The maximum absolute atomic E-state index is 10.3. The number of esters is 1. The second kappa shape index (κ2) is 18.7. The highest BCUT2D eigenvalue weighted by molar-refractivity contribution is 5.65. The summed E-state index contributed by atoms with van der Waals surface area (Å²) >= 11 is 0. The zero-order valence-corrected chi connectivity index (χ0v) is 11.4. The molecule has 0 unspecified atom stereocenters. The van der Waals surface area contributed by atoms with Crippen molar-refractivity contribution >= 4 is 5.97 Å². The van der Waals surface area contributed by atoms with Crippen LogP contribution in [0.1, 0.15) is 26.7 Å². The van der Waals surface area contributed by atoms with Gasteiger partial charge in [0, 0.05) is 13.5 Å². The number of rotatable bonds is 10. The normalized spacial score (nSPS) is 9.56. The zero-order chi connectivity index (χ0) is 14.1. The van der Waals surface area contributed by atoms with E-state index < -0.39 is 0 Å². The number of hydrogen-bond donors (Lipinski definition) is 2. The van der Waals surface area contributed by atoms with Gasteiger partial charge in [0.2, 0.25) is 0 Å². The van der Waals surface area contributed by atoms with E-state index in [-0.39, 0.29) is 19.2 Å². The molecule has 0 amide bonds. The van der Waals surface area contributed by atoms with Crippen molar-refractivity contribution in [3.05, 3.63) is 0 Å². The number of aliphatic hydroxyl groups is 2. The largest absolute Gasteiger partial charge is 0.463 e. The van der Waals surface area contributed by atoms with Crippen LogP contribution in [0.4, 0.5) is 0 Å². The molecule has 0 aromatic carbocycles. The topological polar surface area (TPSA) is 85.2 Å². The number of carbonyl (C=O) groups is 1. The summed E-state index contributed by atoms with van der Waals surface area (Å²) in [5, 5.41) is 16.2. The molecule has 0 saturated carbocycles. The molecular weight excluding hydrogens is 240 g/mol. The number of aliphatic hydroxyl groups excluding tert-OH is 2. The molecule has 110 valence electrons. The van der Waals surface area contributed by atoms with Crippen LogP contribution in [0.15, 0.2) is 0 Å². The molecule has 0 aliphatic heterocycles. The summed E-state index contributed by atoms with van der Waals surface area (Å²) in [6, 6.07) is 0. The van der Waals surface area contributed by atoms with Gasteiger partial charge in [0.25, 0.3) is 0 Å². The molecule has 6 nitrogen and oxygen atoms in total. The van der Waals surface area contributed by atoms with E-state index in [0.29, 0.717) is 26.4 Å². The van der Waals surface area contributed by atoms with Gasteiger partial charge in [-0.15, -0.1) is 0 Å². The second-order valence-electron chi connectivity index (χ2n) is 3.37. The highest BCUT2D eigenvalue weighted by Gasteiger charge is 1.91. The van der Waals surface area contributed by atoms with Gasteiger partial charge < -0.3 is 24.4 Å². The second-order valence-corrected chi connectivity index (χ2v) is 3.37. The van der Waals surface area contributed by atoms with Gasteiger partial charge in [-0.1, -0.05) is 13.3 Å². The third kappa shape index (κ3) is 24.5. The van der Waals surface area contributed by atoms with Gasteiger partial charge in [-0.05, 0) is 6.42 Å². The standard InChI is InChI=1S/C8H16O3.C4H10O3/c1-3-4-5-10-6-7-11-8(2)9;5-1-3-7-4-2-6/h3-7H2,1-2H3;5-6H,1-4H2. The lowest BCUT2D eigenvalue weighted by Gasteiger charge is -2.02. The molecule has 0 aromatic heterocycles. The molecule has 0 spiro atoms. The van der Waals surface area contributed by atoms with Crippen LogP contribution in [-0.2, 0) is 19.0 Å². The molecule has 0 atom stereocenters. The number of ether oxygens (including phenoxy) is 3. The quantitative estimate of drug-likeness (QED) is 0.438. The van der Waals surface area contributed by atoms with Crippen LogP contribution in [0.3, 0.4) is 0 Å². The van der Waals surface area contributed by atoms with Crippen molar-refractivity contribution in [2.45, 2.75) is 26.7 Å². The van der Waals surface area contributed by atoms with Gasteiger partial charge in [0.1, 0.15) is 6.61 Å². The van der Waals surface area contributed by atoms with Crippen LogP contribution in [0.5, 0.6) is 0 Å². The third-order valence-corrected chi connectivity index (χ3v) is 1.65. The van der Waals surface area contributed by atoms with E-state index in [0.717, 1.165) is 19.4 Å². The van der Waals surface area contributed by atoms with Crippen molar-refractivity contribution < 1.29 is 29.2 Å². The Kier molecular flexibility index (Phi) is 20.4. The minimum Gasteiger partial charge on any atom is -0.463 e. The fourth-order valence-electron chi connectivity index (χ4n) is 0.824.